The molecule has 0 spiro atoms. The summed E-state index contributed by atoms with van der Waals surface area (Å²) >= 11 is 0. The van der Waals surface area contributed by atoms with Crippen LogP contribution in [0, 0.1) is 5.41 Å². The van der Waals surface area contributed by atoms with E-state index in [0.29, 0.717) is 22.6 Å². The molecule has 0 saturated carbocycles. The number of aliphatic hydroxyl groups excluding tert-OH is 2. The highest BCUT2D eigenvalue weighted by atomic mass is 16.5. The number of hydrogen-bond acceptors (Lipinski definition) is 7. The molecule has 2 aliphatic heterocycles. The van der Waals surface area contributed by atoms with Crippen LogP contribution in [0.3, 0.4) is 0 Å². The van der Waals surface area contributed by atoms with Crippen LogP contribution in [0.25, 0.3) is 0 Å². The van der Waals surface area contributed by atoms with Crippen molar-refractivity contribution in [3.05, 3.63) is 95.6 Å². The van der Waals surface area contributed by atoms with Crippen LogP contribution in [0.4, 0.5) is 4.79 Å². The van der Waals surface area contributed by atoms with Crippen LogP contribution in [0.5, 0.6) is 11.5 Å². The van der Waals surface area contributed by atoms with Gasteiger partial charge in [0.25, 0.3) is 0 Å². The number of carbonyl (C=O) groups excluding carboxylic acids is 2. The molecule has 3 N–H and O–H groups in total. The van der Waals surface area contributed by atoms with E-state index >= 15 is 0 Å². The lowest BCUT2D eigenvalue weighted by molar-refractivity contribution is -0.140. The molecule has 0 radical (unpaired) electrons. The molecule has 0 bridgehead atoms. The van der Waals surface area contributed by atoms with E-state index in [0.717, 1.165) is 5.56 Å². The summed E-state index contributed by atoms with van der Waals surface area (Å²) in [5, 5.41) is 22.7. The van der Waals surface area contributed by atoms with E-state index in [1.807, 2.05) is 85.8 Å². The summed E-state index contributed by atoms with van der Waals surface area (Å²) in [6.45, 7) is 1.38. The number of carbonyl (C=O) groups is 2. The second-order valence-electron chi connectivity index (χ2n) is 10.4. The molecule has 2 heterocycles. The van der Waals surface area contributed by atoms with Crippen LogP contribution >= 0.6 is 0 Å². The highest BCUT2D eigenvalue weighted by molar-refractivity contribution is 6.02. The lowest BCUT2D eigenvalue weighted by Gasteiger charge is -2.53. The van der Waals surface area contributed by atoms with Gasteiger partial charge < -0.3 is 24.4 Å². The normalized spacial score (nSPS) is 25.0. The third kappa shape index (κ3) is 4.21. The average molecular weight is 547 g/mol. The highest BCUT2D eigenvalue weighted by Crippen LogP contribution is 2.57. The number of aliphatic hydroxyl groups is 2. The Morgan fingerprint density at radius 3 is 2.02 bits per heavy atom. The van der Waals surface area contributed by atoms with Gasteiger partial charge in [0.2, 0.25) is 5.91 Å². The van der Waals surface area contributed by atoms with E-state index in [-0.39, 0.29) is 19.6 Å². The maximum Gasteiger partial charge on any atom is 0.326 e. The summed E-state index contributed by atoms with van der Waals surface area (Å²) in [5.74, 6) is 0.636. The number of imide groups is 1. The van der Waals surface area contributed by atoms with Crippen LogP contribution in [0.2, 0.25) is 0 Å². The Labute approximate surface area is 233 Å². The first-order valence-corrected chi connectivity index (χ1v) is 13.2. The van der Waals surface area contributed by atoms with Gasteiger partial charge in [0.1, 0.15) is 23.8 Å². The number of amides is 3. The number of methoxy groups -OCH3 is 2. The van der Waals surface area contributed by atoms with E-state index in [9.17, 15) is 19.8 Å². The summed E-state index contributed by atoms with van der Waals surface area (Å²) in [6, 6.07) is 24.0. The Hall–Kier alpha value is -3.92. The number of urea groups is 1. The fourth-order valence-corrected chi connectivity index (χ4v) is 6.35. The minimum absolute atomic E-state index is 0.0573. The van der Waals surface area contributed by atoms with Gasteiger partial charge in [0.15, 0.2) is 0 Å². The molecule has 2 fully saturated rings. The van der Waals surface area contributed by atoms with Crippen molar-refractivity contribution < 1.29 is 34.0 Å². The van der Waals surface area contributed by atoms with Gasteiger partial charge in [0, 0.05) is 24.1 Å². The molecule has 0 aromatic heterocycles. The second-order valence-corrected chi connectivity index (χ2v) is 10.4. The molecule has 40 heavy (non-hydrogen) atoms. The topological polar surface area (TPSA) is 118 Å². The van der Waals surface area contributed by atoms with Crippen molar-refractivity contribution in [1.29, 1.82) is 0 Å². The Kier molecular flexibility index (Phi) is 7.55. The van der Waals surface area contributed by atoms with Crippen molar-refractivity contribution in [2.75, 3.05) is 27.4 Å². The lowest BCUT2D eigenvalue weighted by Crippen LogP contribution is -2.68. The lowest BCUT2D eigenvalue weighted by atomic mass is 9.53. The van der Waals surface area contributed by atoms with Crippen LogP contribution in [0.15, 0.2) is 78.9 Å². The summed E-state index contributed by atoms with van der Waals surface area (Å²) in [6.07, 6.45) is -2.52. The number of benzene rings is 3. The Morgan fingerprint density at radius 2 is 1.50 bits per heavy atom. The van der Waals surface area contributed by atoms with Gasteiger partial charge in [-0.15, -0.1) is 0 Å². The molecule has 9 heteroatoms. The average Bonchev–Trinajstić information content (AvgIpc) is 3.36. The zero-order valence-corrected chi connectivity index (χ0v) is 22.7. The molecular formula is C31H34N2O7. The Balaban J connectivity index is 1.83. The largest absolute Gasteiger partial charge is 0.496 e. The van der Waals surface area contributed by atoms with Crippen molar-refractivity contribution in [1.82, 2.24) is 10.2 Å². The van der Waals surface area contributed by atoms with Gasteiger partial charge in [0.05, 0.1) is 37.8 Å². The smallest absolute Gasteiger partial charge is 0.326 e. The van der Waals surface area contributed by atoms with Gasteiger partial charge in [-0.2, -0.15) is 0 Å². The minimum Gasteiger partial charge on any atom is -0.496 e. The highest BCUT2D eigenvalue weighted by Gasteiger charge is 2.62. The van der Waals surface area contributed by atoms with E-state index in [1.54, 1.807) is 14.2 Å². The first-order chi connectivity index (χ1) is 19.3. The summed E-state index contributed by atoms with van der Waals surface area (Å²) in [4.78, 5) is 29.0. The van der Waals surface area contributed by atoms with Crippen molar-refractivity contribution in [2.24, 2.45) is 5.41 Å². The molecule has 210 valence electrons. The number of nitrogens with one attached hydrogen (secondary N) is 1. The van der Waals surface area contributed by atoms with Gasteiger partial charge in [-0.3, -0.25) is 15.0 Å². The standard InChI is InChI=1S/C31H34N2O7/c1-30(19-33(29(37)32-28(30)36)27-17-23(35)26(18-34)40-27)31(20-11-5-4-6-12-20,21-13-7-9-15-24(21)38-2)22-14-8-10-16-25(22)39-3/h4-16,23,26-27,34-35H,17-19H2,1-3H3,(H,32,36,37)/t23-,26+,27+,30?/m0/s1. The van der Waals surface area contributed by atoms with E-state index in [2.05, 4.69) is 5.32 Å². The molecule has 1 unspecified atom stereocenters. The predicted octanol–water partition coefficient (Wildman–Crippen LogP) is 3.06. The molecule has 3 aromatic carbocycles. The van der Waals surface area contributed by atoms with Crippen LogP contribution < -0.4 is 14.8 Å². The van der Waals surface area contributed by atoms with Gasteiger partial charge in [-0.25, -0.2) is 4.79 Å². The monoisotopic (exact) mass is 546 g/mol. The van der Waals surface area contributed by atoms with Crippen molar-refractivity contribution in [3.63, 3.8) is 0 Å². The fourth-order valence-electron chi connectivity index (χ4n) is 6.35. The number of nitrogens with zero attached hydrogens (tertiary/aromatic N) is 1. The van der Waals surface area contributed by atoms with Crippen molar-refractivity contribution in [3.8, 4) is 11.5 Å². The van der Waals surface area contributed by atoms with Crippen molar-refractivity contribution in [2.45, 2.75) is 37.2 Å². The maximum atomic E-state index is 14.3. The van der Waals surface area contributed by atoms with Gasteiger partial charge in [-0.05, 0) is 24.6 Å². The molecule has 9 nitrogen and oxygen atoms in total. The van der Waals surface area contributed by atoms with Gasteiger partial charge >= 0.3 is 6.03 Å². The SMILES string of the molecule is COc1ccccc1C(c1ccccc1)(c1ccccc1OC)C1(C)CN([C@H]2C[C@H](O)[C@@H](CO)O2)C(=O)NC1=O. The predicted molar refractivity (Wildman–Crippen MR) is 147 cm³/mol. The van der Waals surface area contributed by atoms with Crippen LogP contribution in [0.1, 0.15) is 30.0 Å². The zero-order valence-electron chi connectivity index (χ0n) is 22.7. The number of hydrogen-bond donors (Lipinski definition) is 3. The number of para-hydroxylation sites is 2. The third-order valence-electron chi connectivity index (χ3n) is 8.26. The third-order valence-corrected chi connectivity index (χ3v) is 8.26. The Bertz CT molecular complexity index is 1330. The first-order valence-electron chi connectivity index (χ1n) is 13.2. The number of ether oxygens (including phenoxy) is 3. The molecule has 4 atom stereocenters. The minimum atomic E-state index is -1.35. The molecule has 2 aliphatic rings. The molecule has 3 aromatic rings. The van der Waals surface area contributed by atoms with Crippen LogP contribution in [-0.2, 0) is 14.9 Å². The number of rotatable bonds is 8. The van der Waals surface area contributed by atoms with E-state index in [4.69, 9.17) is 14.2 Å². The summed E-state index contributed by atoms with van der Waals surface area (Å²) in [7, 11) is 3.16. The van der Waals surface area contributed by atoms with E-state index in [1.165, 1.54) is 4.90 Å². The molecule has 3 amide bonds. The first kappa shape index (κ1) is 27.6. The van der Waals surface area contributed by atoms with Gasteiger partial charge in [-0.1, -0.05) is 66.7 Å². The van der Waals surface area contributed by atoms with Crippen LogP contribution in [-0.4, -0.2) is 72.9 Å². The van der Waals surface area contributed by atoms with E-state index < -0.39 is 41.2 Å². The zero-order chi connectivity index (χ0) is 28.5. The molecule has 2 saturated heterocycles. The summed E-state index contributed by atoms with van der Waals surface area (Å²) < 4.78 is 17.7. The molecule has 5 rings (SSSR count). The molecular weight excluding hydrogens is 512 g/mol. The summed E-state index contributed by atoms with van der Waals surface area (Å²) in [5.41, 5.74) is -0.376. The Morgan fingerprint density at radius 1 is 0.950 bits per heavy atom. The van der Waals surface area contributed by atoms with Crippen molar-refractivity contribution >= 4 is 11.9 Å². The molecule has 0 aliphatic carbocycles. The fraction of sp³-hybridized carbons (Fsp3) is 0.355. The second kappa shape index (κ2) is 10.9. The maximum absolute atomic E-state index is 14.3. The quantitative estimate of drug-likeness (QED) is 0.372.